The molecule has 0 saturated carbocycles. The summed E-state index contributed by atoms with van der Waals surface area (Å²) < 4.78 is 49.1. The normalized spacial score (nSPS) is 13.4. The van der Waals surface area contributed by atoms with Crippen molar-refractivity contribution < 1.29 is 16.8 Å². The fraction of sp³-hybridized carbons (Fsp3) is 0.538. The van der Waals surface area contributed by atoms with Crippen molar-refractivity contribution in [3.05, 3.63) is 29.3 Å². The molecule has 0 aromatic heterocycles. The third kappa shape index (κ3) is 4.26. The monoisotopic (exact) mass is 334 g/mol. The molecule has 1 aromatic carbocycles. The molecular weight excluding hydrogens is 312 g/mol. The second kappa shape index (κ2) is 6.04. The summed E-state index contributed by atoms with van der Waals surface area (Å²) in [4.78, 5) is 0.120. The number of sulfone groups is 1. The summed E-state index contributed by atoms with van der Waals surface area (Å²) in [5.41, 5.74) is 6.80. The molecule has 0 aliphatic rings. The Kier molecular flexibility index (Phi) is 5.20. The molecule has 0 amide bonds. The van der Waals surface area contributed by atoms with Crippen LogP contribution in [0.5, 0.6) is 0 Å². The molecule has 0 radical (unpaired) electrons. The van der Waals surface area contributed by atoms with Gasteiger partial charge in [0.2, 0.25) is 10.0 Å². The Hall–Kier alpha value is -0.960. The molecule has 0 spiro atoms. The third-order valence-electron chi connectivity index (χ3n) is 3.47. The van der Waals surface area contributed by atoms with E-state index in [2.05, 4.69) is 4.72 Å². The molecule has 0 fully saturated rings. The van der Waals surface area contributed by atoms with Crippen LogP contribution in [0, 0.1) is 6.92 Å². The summed E-state index contributed by atoms with van der Waals surface area (Å²) in [5, 5.41) is 0. The van der Waals surface area contributed by atoms with Gasteiger partial charge < -0.3 is 5.73 Å². The molecule has 1 aromatic rings. The summed E-state index contributed by atoms with van der Waals surface area (Å²) >= 11 is 0. The largest absolute Gasteiger partial charge is 0.326 e. The summed E-state index contributed by atoms with van der Waals surface area (Å²) in [6.07, 6.45) is 1.08. The molecule has 120 valence electrons. The molecular formula is C13H22N2O4S2. The van der Waals surface area contributed by atoms with Crippen molar-refractivity contribution in [2.24, 2.45) is 5.73 Å². The molecule has 0 saturated heterocycles. The highest BCUT2D eigenvalue weighted by molar-refractivity contribution is 7.92. The van der Waals surface area contributed by atoms with E-state index in [4.69, 9.17) is 5.73 Å². The first-order valence-corrected chi connectivity index (χ1v) is 9.77. The average molecular weight is 334 g/mol. The Morgan fingerprint density at radius 2 is 1.76 bits per heavy atom. The Morgan fingerprint density at radius 1 is 1.19 bits per heavy atom. The minimum atomic E-state index is -3.79. The Labute approximate surface area is 126 Å². The van der Waals surface area contributed by atoms with Crippen LogP contribution in [0.2, 0.25) is 0 Å². The first kappa shape index (κ1) is 18.1. The Morgan fingerprint density at radius 3 is 2.24 bits per heavy atom. The Bertz CT molecular complexity index is 723. The first-order valence-electron chi connectivity index (χ1n) is 6.39. The molecule has 0 bridgehead atoms. The molecule has 0 atom stereocenters. The van der Waals surface area contributed by atoms with Gasteiger partial charge in [-0.3, -0.25) is 0 Å². The lowest BCUT2D eigenvalue weighted by Crippen LogP contribution is -2.43. The first-order chi connectivity index (χ1) is 9.40. The SMILES string of the molecule is Cc1ccc(CN)cc1S(=O)(=O)NCC(C)(C)S(C)(=O)=O. The Balaban J connectivity index is 3.09. The topological polar surface area (TPSA) is 106 Å². The fourth-order valence-corrected chi connectivity index (χ4v) is 3.47. The minimum Gasteiger partial charge on any atom is -0.326 e. The van der Waals surface area contributed by atoms with Crippen molar-refractivity contribution >= 4 is 19.9 Å². The van der Waals surface area contributed by atoms with Crippen molar-refractivity contribution in [3.8, 4) is 0 Å². The van der Waals surface area contributed by atoms with Gasteiger partial charge in [-0.15, -0.1) is 0 Å². The number of hydrogen-bond donors (Lipinski definition) is 2. The van der Waals surface area contributed by atoms with E-state index < -0.39 is 24.6 Å². The maximum absolute atomic E-state index is 12.3. The molecule has 3 N–H and O–H groups in total. The van der Waals surface area contributed by atoms with Crippen LogP contribution in [0.3, 0.4) is 0 Å². The number of hydrogen-bond acceptors (Lipinski definition) is 5. The van der Waals surface area contributed by atoms with Crippen LogP contribution in [0.25, 0.3) is 0 Å². The van der Waals surface area contributed by atoms with Crippen molar-refractivity contribution in [2.45, 2.75) is 37.0 Å². The van der Waals surface area contributed by atoms with Crippen LogP contribution in [-0.4, -0.2) is 34.4 Å². The lowest BCUT2D eigenvalue weighted by atomic mass is 10.1. The van der Waals surface area contributed by atoms with Crippen LogP contribution in [0.1, 0.15) is 25.0 Å². The summed E-state index contributed by atoms with van der Waals surface area (Å²) in [6.45, 7) is 4.68. The van der Waals surface area contributed by atoms with Gasteiger partial charge in [-0.25, -0.2) is 21.6 Å². The molecule has 0 aliphatic heterocycles. The zero-order valence-corrected chi connectivity index (χ0v) is 14.3. The van der Waals surface area contributed by atoms with E-state index >= 15 is 0 Å². The molecule has 6 nitrogen and oxygen atoms in total. The van der Waals surface area contributed by atoms with Gasteiger partial charge in [0, 0.05) is 19.3 Å². The lowest BCUT2D eigenvalue weighted by molar-refractivity contribution is 0.537. The van der Waals surface area contributed by atoms with Gasteiger partial charge in [-0.1, -0.05) is 12.1 Å². The number of nitrogens with one attached hydrogen (secondary N) is 1. The average Bonchev–Trinajstić information content (AvgIpc) is 2.36. The molecule has 21 heavy (non-hydrogen) atoms. The van der Waals surface area contributed by atoms with E-state index in [0.29, 0.717) is 11.1 Å². The van der Waals surface area contributed by atoms with Gasteiger partial charge >= 0.3 is 0 Å². The fourth-order valence-electron chi connectivity index (χ4n) is 1.54. The quantitative estimate of drug-likeness (QED) is 0.790. The zero-order valence-electron chi connectivity index (χ0n) is 12.7. The summed E-state index contributed by atoms with van der Waals surface area (Å²) in [5.74, 6) is 0. The smallest absolute Gasteiger partial charge is 0.240 e. The number of aryl methyl sites for hydroxylation is 1. The maximum atomic E-state index is 12.3. The highest BCUT2D eigenvalue weighted by atomic mass is 32.2. The van der Waals surface area contributed by atoms with E-state index in [9.17, 15) is 16.8 Å². The zero-order chi connectivity index (χ0) is 16.5. The van der Waals surface area contributed by atoms with Gasteiger partial charge in [-0.2, -0.15) is 0 Å². The predicted molar refractivity (Wildman–Crippen MR) is 83.2 cm³/mol. The summed E-state index contributed by atoms with van der Waals surface area (Å²) in [6, 6.07) is 4.94. The van der Waals surface area contributed by atoms with Crippen molar-refractivity contribution in [1.82, 2.24) is 4.72 Å². The molecule has 8 heteroatoms. The van der Waals surface area contributed by atoms with Crippen molar-refractivity contribution in [3.63, 3.8) is 0 Å². The van der Waals surface area contributed by atoms with Gasteiger partial charge in [0.1, 0.15) is 0 Å². The maximum Gasteiger partial charge on any atom is 0.240 e. The van der Waals surface area contributed by atoms with Gasteiger partial charge in [0.05, 0.1) is 9.64 Å². The van der Waals surface area contributed by atoms with E-state index in [0.717, 1.165) is 6.26 Å². The second-order valence-electron chi connectivity index (χ2n) is 5.66. The number of sulfonamides is 1. The second-order valence-corrected chi connectivity index (χ2v) is 10.0. The standard InChI is InChI=1S/C13H22N2O4S2/c1-10-5-6-11(8-14)7-12(10)21(18,19)15-9-13(2,3)20(4,16)17/h5-7,15H,8-9,14H2,1-4H3. The van der Waals surface area contributed by atoms with Crippen LogP contribution < -0.4 is 10.5 Å². The van der Waals surface area contributed by atoms with Gasteiger partial charge in [-0.05, 0) is 38.0 Å². The van der Waals surface area contributed by atoms with Crippen LogP contribution in [0.15, 0.2) is 23.1 Å². The van der Waals surface area contributed by atoms with E-state index in [1.807, 2.05) is 0 Å². The number of rotatable bonds is 6. The predicted octanol–water partition coefficient (Wildman–Crippen LogP) is 0.555. The number of benzene rings is 1. The van der Waals surface area contributed by atoms with Crippen LogP contribution >= 0.6 is 0 Å². The minimum absolute atomic E-state index is 0.120. The molecule has 0 heterocycles. The number of nitrogens with two attached hydrogens (primary N) is 1. The van der Waals surface area contributed by atoms with E-state index in [1.54, 1.807) is 19.1 Å². The lowest BCUT2D eigenvalue weighted by Gasteiger charge is -2.23. The highest BCUT2D eigenvalue weighted by Gasteiger charge is 2.32. The van der Waals surface area contributed by atoms with E-state index in [1.165, 1.54) is 19.9 Å². The van der Waals surface area contributed by atoms with Crippen molar-refractivity contribution in [1.29, 1.82) is 0 Å². The molecule has 0 unspecified atom stereocenters. The van der Waals surface area contributed by atoms with E-state index in [-0.39, 0.29) is 18.0 Å². The van der Waals surface area contributed by atoms with Crippen LogP contribution in [0.4, 0.5) is 0 Å². The molecule has 1 rings (SSSR count). The van der Waals surface area contributed by atoms with Crippen molar-refractivity contribution in [2.75, 3.05) is 12.8 Å². The van der Waals surface area contributed by atoms with Gasteiger partial charge in [0.15, 0.2) is 9.84 Å². The molecule has 0 aliphatic carbocycles. The summed E-state index contributed by atoms with van der Waals surface area (Å²) in [7, 11) is -7.16. The highest BCUT2D eigenvalue weighted by Crippen LogP contribution is 2.19. The van der Waals surface area contributed by atoms with Crippen LogP contribution in [-0.2, 0) is 26.4 Å². The van der Waals surface area contributed by atoms with Gasteiger partial charge in [0.25, 0.3) is 0 Å². The third-order valence-corrected chi connectivity index (χ3v) is 7.16.